The summed E-state index contributed by atoms with van der Waals surface area (Å²) in [6.07, 6.45) is 0.360. The minimum absolute atomic E-state index is 0.276. The first-order valence-corrected chi connectivity index (χ1v) is 7.11. The Labute approximate surface area is 116 Å². The number of hydrogen-bond acceptors (Lipinski definition) is 3. The summed E-state index contributed by atoms with van der Waals surface area (Å²) in [4.78, 5) is 0. The van der Waals surface area contributed by atoms with Crippen LogP contribution in [0.3, 0.4) is 0 Å². The zero-order valence-corrected chi connectivity index (χ0v) is 12.6. The van der Waals surface area contributed by atoms with Gasteiger partial charge in [0.15, 0.2) is 11.5 Å². The van der Waals surface area contributed by atoms with Crippen LogP contribution in [0.1, 0.15) is 50.3 Å². The molecule has 1 atom stereocenters. The van der Waals surface area contributed by atoms with E-state index in [0.717, 1.165) is 33.5 Å². The van der Waals surface area contributed by atoms with Crippen LogP contribution in [0.15, 0.2) is 10.5 Å². The summed E-state index contributed by atoms with van der Waals surface area (Å²) >= 11 is 3.50. The van der Waals surface area contributed by atoms with Crippen molar-refractivity contribution in [3.8, 4) is 11.5 Å². The zero-order valence-electron chi connectivity index (χ0n) is 11.0. The third kappa shape index (κ3) is 2.50. The number of halogens is 1. The van der Waals surface area contributed by atoms with E-state index in [-0.39, 0.29) is 5.92 Å². The molecule has 0 amide bonds. The molecule has 0 fully saturated rings. The molecule has 0 aliphatic carbocycles. The summed E-state index contributed by atoms with van der Waals surface area (Å²) in [6, 6.07) is 1.94. The minimum Gasteiger partial charge on any atom is -0.489 e. The Balaban J connectivity index is 2.65. The first kappa shape index (κ1) is 13.7. The van der Waals surface area contributed by atoms with E-state index in [2.05, 4.69) is 29.8 Å². The number of aliphatic hydroxyl groups is 1. The van der Waals surface area contributed by atoms with Gasteiger partial charge in [-0.25, -0.2) is 0 Å². The monoisotopic (exact) mass is 314 g/mol. The van der Waals surface area contributed by atoms with E-state index < -0.39 is 6.10 Å². The van der Waals surface area contributed by atoms with E-state index in [0.29, 0.717) is 13.2 Å². The second-order valence-corrected chi connectivity index (χ2v) is 5.76. The van der Waals surface area contributed by atoms with Crippen molar-refractivity contribution in [3.63, 3.8) is 0 Å². The number of hydrogen-bond donors (Lipinski definition) is 1. The van der Waals surface area contributed by atoms with Crippen LogP contribution in [0.4, 0.5) is 0 Å². The van der Waals surface area contributed by atoms with Crippen LogP contribution in [0.25, 0.3) is 0 Å². The first-order valence-electron chi connectivity index (χ1n) is 6.32. The largest absolute Gasteiger partial charge is 0.489 e. The van der Waals surface area contributed by atoms with Gasteiger partial charge in [0.1, 0.15) is 0 Å². The lowest BCUT2D eigenvalue weighted by Crippen LogP contribution is -2.06. The summed E-state index contributed by atoms with van der Waals surface area (Å²) in [7, 11) is 0. The molecule has 4 heteroatoms. The van der Waals surface area contributed by atoms with Crippen LogP contribution in [-0.4, -0.2) is 18.3 Å². The highest BCUT2D eigenvalue weighted by molar-refractivity contribution is 9.10. The molecule has 1 aromatic carbocycles. The van der Waals surface area contributed by atoms with Gasteiger partial charge < -0.3 is 14.6 Å². The molecule has 0 aromatic heterocycles. The lowest BCUT2D eigenvalue weighted by molar-refractivity contribution is 0.196. The third-order valence-corrected chi connectivity index (χ3v) is 3.66. The lowest BCUT2D eigenvalue weighted by Gasteiger charge is -2.22. The van der Waals surface area contributed by atoms with Crippen molar-refractivity contribution >= 4 is 15.9 Å². The van der Waals surface area contributed by atoms with Crippen molar-refractivity contribution in [2.24, 2.45) is 0 Å². The maximum Gasteiger partial charge on any atom is 0.175 e. The number of rotatable bonds is 2. The van der Waals surface area contributed by atoms with Crippen molar-refractivity contribution in [3.05, 3.63) is 21.7 Å². The second-order valence-electron chi connectivity index (χ2n) is 4.90. The van der Waals surface area contributed by atoms with E-state index in [1.54, 1.807) is 6.92 Å². The Kier molecular flexibility index (Phi) is 4.17. The van der Waals surface area contributed by atoms with Crippen molar-refractivity contribution < 1.29 is 14.6 Å². The Bertz CT molecular complexity index is 441. The smallest absolute Gasteiger partial charge is 0.175 e. The Morgan fingerprint density at radius 3 is 2.33 bits per heavy atom. The van der Waals surface area contributed by atoms with Gasteiger partial charge in [-0.3, -0.25) is 0 Å². The van der Waals surface area contributed by atoms with Gasteiger partial charge >= 0.3 is 0 Å². The summed E-state index contributed by atoms with van der Waals surface area (Å²) < 4.78 is 12.4. The molecule has 1 aliphatic rings. The van der Waals surface area contributed by atoms with Crippen LogP contribution in [0.5, 0.6) is 11.5 Å². The van der Waals surface area contributed by atoms with Crippen LogP contribution >= 0.6 is 15.9 Å². The van der Waals surface area contributed by atoms with Crippen molar-refractivity contribution in [2.75, 3.05) is 13.2 Å². The van der Waals surface area contributed by atoms with Gasteiger partial charge in [-0.15, -0.1) is 0 Å². The van der Waals surface area contributed by atoms with Crippen LogP contribution in [0.2, 0.25) is 0 Å². The molecule has 1 unspecified atom stereocenters. The Hall–Kier alpha value is -0.740. The fraction of sp³-hybridized carbons (Fsp3) is 0.571. The highest BCUT2D eigenvalue weighted by atomic mass is 79.9. The van der Waals surface area contributed by atoms with E-state index in [4.69, 9.17) is 9.47 Å². The highest BCUT2D eigenvalue weighted by Gasteiger charge is 2.25. The molecule has 3 nitrogen and oxygen atoms in total. The van der Waals surface area contributed by atoms with Gasteiger partial charge in [0.05, 0.1) is 23.8 Å². The molecule has 0 saturated heterocycles. The number of ether oxygens (including phenoxy) is 2. The van der Waals surface area contributed by atoms with Crippen LogP contribution < -0.4 is 9.47 Å². The average Bonchev–Trinajstić information content (AvgIpc) is 2.53. The molecule has 1 heterocycles. The maximum absolute atomic E-state index is 9.93. The van der Waals surface area contributed by atoms with Gasteiger partial charge in [-0.1, -0.05) is 13.8 Å². The lowest BCUT2D eigenvalue weighted by atomic mass is 9.93. The number of fused-ring (bicyclic) bond motifs is 1. The van der Waals surface area contributed by atoms with Gasteiger partial charge in [-0.05, 0) is 40.4 Å². The fourth-order valence-electron chi connectivity index (χ4n) is 2.27. The topological polar surface area (TPSA) is 38.7 Å². The highest BCUT2D eigenvalue weighted by Crippen LogP contribution is 2.46. The average molecular weight is 315 g/mol. The number of aliphatic hydroxyl groups excluding tert-OH is 1. The normalized spacial score (nSPS) is 16.6. The van der Waals surface area contributed by atoms with Gasteiger partial charge in [0, 0.05) is 12.0 Å². The standard InChI is InChI=1S/C14H19BrO3/c1-8(2)12-10(9(3)16)7-11(15)13-14(12)18-6-4-5-17-13/h7-9,16H,4-6H2,1-3H3. The van der Waals surface area contributed by atoms with Crippen LogP contribution in [0, 0.1) is 0 Å². The van der Waals surface area contributed by atoms with E-state index >= 15 is 0 Å². The summed E-state index contributed by atoms with van der Waals surface area (Å²) in [5.41, 5.74) is 1.95. The first-order chi connectivity index (χ1) is 8.52. The molecule has 1 N–H and O–H groups in total. The second kappa shape index (κ2) is 5.49. The zero-order chi connectivity index (χ0) is 13.3. The predicted octanol–water partition coefficient (Wildman–Crippen LogP) is 3.79. The van der Waals surface area contributed by atoms with Crippen molar-refractivity contribution in [1.29, 1.82) is 0 Å². The van der Waals surface area contributed by atoms with Gasteiger partial charge in [0.2, 0.25) is 0 Å². The SMILES string of the molecule is CC(C)c1c(C(C)O)cc(Br)c2c1OCCCO2. The minimum atomic E-state index is -0.518. The molecular formula is C14H19BrO3. The molecule has 18 heavy (non-hydrogen) atoms. The molecular weight excluding hydrogens is 296 g/mol. The molecule has 0 radical (unpaired) electrons. The number of benzene rings is 1. The molecule has 2 rings (SSSR count). The Morgan fingerprint density at radius 1 is 1.17 bits per heavy atom. The van der Waals surface area contributed by atoms with Gasteiger partial charge in [0.25, 0.3) is 0 Å². The van der Waals surface area contributed by atoms with Gasteiger partial charge in [-0.2, -0.15) is 0 Å². The fourth-order valence-corrected chi connectivity index (χ4v) is 2.81. The van der Waals surface area contributed by atoms with Crippen molar-refractivity contribution in [2.45, 2.75) is 39.2 Å². The quantitative estimate of drug-likeness (QED) is 0.902. The third-order valence-electron chi connectivity index (χ3n) is 3.07. The predicted molar refractivity (Wildman–Crippen MR) is 74.5 cm³/mol. The van der Waals surface area contributed by atoms with E-state index in [9.17, 15) is 5.11 Å². The van der Waals surface area contributed by atoms with Crippen molar-refractivity contribution in [1.82, 2.24) is 0 Å². The summed E-state index contributed by atoms with van der Waals surface area (Å²) in [5.74, 6) is 1.83. The maximum atomic E-state index is 9.93. The van der Waals surface area contributed by atoms with Crippen LogP contribution in [-0.2, 0) is 0 Å². The molecule has 100 valence electrons. The van der Waals surface area contributed by atoms with E-state index in [1.807, 2.05) is 6.07 Å². The molecule has 0 saturated carbocycles. The molecule has 1 aliphatic heterocycles. The molecule has 0 spiro atoms. The summed E-state index contributed by atoms with van der Waals surface area (Å²) in [6.45, 7) is 7.30. The summed E-state index contributed by atoms with van der Waals surface area (Å²) in [5, 5.41) is 9.93. The van der Waals surface area contributed by atoms with E-state index in [1.165, 1.54) is 0 Å². The molecule has 1 aromatic rings. The Morgan fingerprint density at radius 2 is 1.78 bits per heavy atom. The molecule has 0 bridgehead atoms.